The number of hydrogen-bond acceptors (Lipinski definition) is 5. The Morgan fingerprint density at radius 3 is 3.00 bits per heavy atom. The SMILES string of the molecule is CC(C#N)CN(C)C(=O)c1nn[nH]n1. The van der Waals surface area contributed by atoms with Crippen LogP contribution < -0.4 is 0 Å². The number of tetrazole rings is 1. The highest BCUT2D eigenvalue weighted by atomic mass is 16.2. The molecule has 0 saturated heterocycles. The fraction of sp³-hybridized carbons (Fsp3) is 0.571. The molecule has 1 aromatic heterocycles. The Morgan fingerprint density at radius 1 is 1.79 bits per heavy atom. The molecule has 1 rings (SSSR count). The van der Waals surface area contributed by atoms with Crippen molar-refractivity contribution in [2.24, 2.45) is 5.92 Å². The molecule has 0 radical (unpaired) electrons. The molecule has 1 aromatic rings. The summed E-state index contributed by atoms with van der Waals surface area (Å²) in [6.07, 6.45) is 0. The minimum absolute atomic E-state index is 0.0117. The van der Waals surface area contributed by atoms with Crippen LogP contribution in [-0.2, 0) is 0 Å². The predicted molar refractivity (Wildman–Crippen MR) is 45.9 cm³/mol. The third-order valence-electron chi connectivity index (χ3n) is 1.65. The molecule has 0 fully saturated rings. The Kier molecular flexibility index (Phi) is 3.12. The van der Waals surface area contributed by atoms with Gasteiger partial charge in [-0.05, 0) is 12.1 Å². The van der Waals surface area contributed by atoms with E-state index in [1.54, 1.807) is 14.0 Å². The van der Waals surface area contributed by atoms with Crippen LogP contribution in [0.1, 0.15) is 17.5 Å². The van der Waals surface area contributed by atoms with Crippen molar-refractivity contribution in [1.82, 2.24) is 25.5 Å². The second kappa shape index (κ2) is 4.32. The first-order valence-electron chi connectivity index (χ1n) is 4.03. The van der Waals surface area contributed by atoms with Crippen LogP contribution in [0.2, 0.25) is 0 Å². The molecule has 1 amide bonds. The van der Waals surface area contributed by atoms with Gasteiger partial charge in [0, 0.05) is 13.6 Å². The maximum absolute atomic E-state index is 11.5. The predicted octanol–water partition coefficient (Wildman–Crippen LogP) is -0.569. The zero-order chi connectivity index (χ0) is 10.6. The Balaban J connectivity index is 2.59. The molecule has 0 aliphatic heterocycles. The van der Waals surface area contributed by atoms with Crippen molar-refractivity contribution in [2.75, 3.05) is 13.6 Å². The summed E-state index contributed by atoms with van der Waals surface area (Å²) in [4.78, 5) is 12.9. The Labute approximate surface area is 80.7 Å². The third kappa shape index (κ3) is 2.26. The van der Waals surface area contributed by atoms with E-state index >= 15 is 0 Å². The second-order valence-corrected chi connectivity index (χ2v) is 2.95. The largest absolute Gasteiger partial charge is 0.338 e. The first-order chi connectivity index (χ1) is 6.65. The van der Waals surface area contributed by atoms with Gasteiger partial charge in [-0.15, -0.1) is 10.2 Å². The number of carbonyl (C=O) groups excluding carboxylic acids is 1. The molecule has 1 unspecified atom stereocenters. The van der Waals surface area contributed by atoms with Crippen LogP contribution >= 0.6 is 0 Å². The van der Waals surface area contributed by atoms with Crippen LogP contribution in [0.25, 0.3) is 0 Å². The lowest BCUT2D eigenvalue weighted by Gasteiger charge is -2.15. The molecule has 1 N–H and O–H groups in total. The second-order valence-electron chi connectivity index (χ2n) is 2.95. The van der Waals surface area contributed by atoms with Crippen LogP contribution in [0.15, 0.2) is 0 Å². The lowest BCUT2D eigenvalue weighted by atomic mass is 10.2. The molecule has 0 aromatic carbocycles. The van der Waals surface area contributed by atoms with E-state index in [9.17, 15) is 4.79 Å². The fourth-order valence-electron chi connectivity index (χ4n) is 0.958. The van der Waals surface area contributed by atoms with E-state index in [4.69, 9.17) is 5.26 Å². The Hall–Kier alpha value is -1.97. The zero-order valence-electron chi connectivity index (χ0n) is 7.93. The van der Waals surface area contributed by atoms with Gasteiger partial charge in [0.25, 0.3) is 11.7 Å². The van der Waals surface area contributed by atoms with Crippen molar-refractivity contribution in [3.05, 3.63) is 5.82 Å². The van der Waals surface area contributed by atoms with Gasteiger partial charge in [0.2, 0.25) is 0 Å². The lowest BCUT2D eigenvalue weighted by molar-refractivity contribution is 0.0773. The van der Waals surface area contributed by atoms with Gasteiger partial charge in [0.15, 0.2) is 0 Å². The molecule has 7 nitrogen and oxygen atoms in total. The number of nitrogens with zero attached hydrogens (tertiary/aromatic N) is 5. The van der Waals surface area contributed by atoms with Crippen LogP contribution in [-0.4, -0.2) is 45.0 Å². The zero-order valence-corrected chi connectivity index (χ0v) is 7.93. The van der Waals surface area contributed by atoms with E-state index in [2.05, 4.69) is 20.6 Å². The number of aromatic amines is 1. The number of amides is 1. The highest BCUT2D eigenvalue weighted by molar-refractivity contribution is 5.89. The van der Waals surface area contributed by atoms with E-state index in [1.807, 2.05) is 6.07 Å². The Morgan fingerprint density at radius 2 is 2.50 bits per heavy atom. The van der Waals surface area contributed by atoms with E-state index in [0.717, 1.165) is 0 Å². The number of aromatic nitrogens is 4. The fourth-order valence-corrected chi connectivity index (χ4v) is 0.958. The van der Waals surface area contributed by atoms with Gasteiger partial charge in [-0.2, -0.15) is 10.5 Å². The van der Waals surface area contributed by atoms with Gasteiger partial charge < -0.3 is 4.90 Å². The quantitative estimate of drug-likeness (QED) is 0.694. The molecule has 14 heavy (non-hydrogen) atoms. The number of hydrogen-bond donors (Lipinski definition) is 1. The van der Waals surface area contributed by atoms with E-state index in [0.29, 0.717) is 6.54 Å². The third-order valence-corrected chi connectivity index (χ3v) is 1.65. The number of carbonyl (C=O) groups is 1. The molecule has 0 bridgehead atoms. The Bertz CT molecular complexity index is 340. The van der Waals surface area contributed by atoms with Gasteiger partial charge in [-0.3, -0.25) is 4.79 Å². The molecule has 7 heteroatoms. The standard InChI is InChI=1S/C7H10N6O/c1-5(3-8)4-13(2)7(14)6-9-11-12-10-6/h5H,4H2,1-2H3,(H,9,10,11,12). The number of nitrogens with one attached hydrogen (secondary N) is 1. The van der Waals surface area contributed by atoms with Gasteiger partial charge in [-0.1, -0.05) is 0 Å². The maximum Gasteiger partial charge on any atom is 0.295 e. The first kappa shape index (κ1) is 10.1. The summed E-state index contributed by atoms with van der Waals surface area (Å²) >= 11 is 0. The summed E-state index contributed by atoms with van der Waals surface area (Å²) in [5.74, 6) is -0.547. The van der Waals surface area contributed by atoms with Crippen molar-refractivity contribution in [3.8, 4) is 6.07 Å². The van der Waals surface area contributed by atoms with Crippen LogP contribution in [0.4, 0.5) is 0 Å². The van der Waals surface area contributed by atoms with Crippen LogP contribution in [0.5, 0.6) is 0 Å². The average Bonchev–Trinajstić information content (AvgIpc) is 2.69. The van der Waals surface area contributed by atoms with E-state index in [1.165, 1.54) is 4.90 Å². The van der Waals surface area contributed by atoms with Crippen molar-refractivity contribution < 1.29 is 4.79 Å². The van der Waals surface area contributed by atoms with Crippen molar-refractivity contribution in [2.45, 2.75) is 6.92 Å². The first-order valence-corrected chi connectivity index (χ1v) is 4.03. The van der Waals surface area contributed by atoms with E-state index in [-0.39, 0.29) is 17.6 Å². The summed E-state index contributed by atoms with van der Waals surface area (Å²) in [6.45, 7) is 2.09. The lowest BCUT2D eigenvalue weighted by Crippen LogP contribution is -2.31. The molecule has 1 heterocycles. The summed E-state index contributed by atoms with van der Waals surface area (Å²) in [5.41, 5.74) is 0. The normalized spacial score (nSPS) is 11.8. The summed E-state index contributed by atoms with van der Waals surface area (Å²) in [7, 11) is 1.59. The maximum atomic E-state index is 11.5. The van der Waals surface area contributed by atoms with Gasteiger partial charge in [0.05, 0.1) is 12.0 Å². The molecule has 0 aliphatic rings. The molecule has 74 valence electrons. The molecular weight excluding hydrogens is 184 g/mol. The van der Waals surface area contributed by atoms with Gasteiger partial charge in [-0.25, -0.2) is 0 Å². The van der Waals surface area contributed by atoms with Crippen molar-refractivity contribution >= 4 is 5.91 Å². The van der Waals surface area contributed by atoms with Gasteiger partial charge >= 0.3 is 0 Å². The number of nitriles is 1. The highest BCUT2D eigenvalue weighted by Gasteiger charge is 2.17. The smallest absolute Gasteiger partial charge is 0.295 e. The van der Waals surface area contributed by atoms with E-state index < -0.39 is 0 Å². The number of H-pyrrole nitrogens is 1. The van der Waals surface area contributed by atoms with Crippen molar-refractivity contribution in [3.63, 3.8) is 0 Å². The van der Waals surface area contributed by atoms with Crippen LogP contribution in [0.3, 0.4) is 0 Å². The average molecular weight is 194 g/mol. The molecule has 0 saturated carbocycles. The number of rotatable bonds is 3. The van der Waals surface area contributed by atoms with Crippen LogP contribution in [0, 0.1) is 17.2 Å². The summed E-state index contributed by atoms with van der Waals surface area (Å²) < 4.78 is 0. The minimum Gasteiger partial charge on any atom is -0.338 e. The van der Waals surface area contributed by atoms with Gasteiger partial charge in [0.1, 0.15) is 0 Å². The van der Waals surface area contributed by atoms with Crippen molar-refractivity contribution in [1.29, 1.82) is 5.26 Å². The minimum atomic E-state index is -0.346. The molecular formula is C7H10N6O. The molecule has 0 spiro atoms. The molecule has 0 aliphatic carbocycles. The summed E-state index contributed by atoms with van der Waals surface area (Å²) in [5, 5.41) is 21.1. The highest BCUT2D eigenvalue weighted by Crippen LogP contribution is 1.99. The monoisotopic (exact) mass is 194 g/mol. The topological polar surface area (TPSA) is 98.6 Å². The molecule has 1 atom stereocenters. The summed E-state index contributed by atoms with van der Waals surface area (Å²) in [6, 6.07) is 2.04.